The van der Waals surface area contributed by atoms with E-state index >= 15 is 0 Å². The summed E-state index contributed by atoms with van der Waals surface area (Å²) < 4.78 is 0. The minimum absolute atomic E-state index is 0.0895. The van der Waals surface area contributed by atoms with Crippen LogP contribution in [0.25, 0.3) is 0 Å². The van der Waals surface area contributed by atoms with Crippen molar-refractivity contribution in [1.29, 1.82) is 5.26 Å². The highest BCUT2D eigenvalue weighted by atomic mass is 14.8. The Morgan fingerprint density at radius 1 is 1.54 bits per heavy atom. The van der Waals surface area contributed by atoms with Gasteiger partial charge in [-0.25, -0.2) is 0 Å². The molecule has 68 valence electrons. The zero-order valence-electron chi connectivity index (χ0n) is 7.86. The van der Waals surface area contributed by atoms with E-state index in [1.54, 1.807) is 18.3 Å². The number of aromatic nitrogens is 1. The molecule has 1 aromatic heterocycles. The highest BCUT2D eigenvalue weighted by Gasteiger charge is 2.11. The van der Waals surface area contributed by atoms with Crippen molar-refractivity contribution in [1.82, 2.24) is 4.98 Å². The fourth-order valence-electron chi connectivity index (χ4n) is 1.04. The van der Waals surface area contributed by atoms with Gasteiger partial charge in [0.2, 0.25) is 0 Å². The van der Waals surface area contributed by atoms with Crippen LogP contribution >= 0.6 is 0 Å². The van der Waals surface area contributed by atoms with Crippen LogP contribution in [0.15, 0.2) is 18.3 Å². The first-order chi connectivity index (χ1) is 6.15. The molecule has 3 nitrogen and oxygen atoms in total. The Kier molecular flexibility index (Phi) is 2.99. The molecule has 0 aromatic carbocycles. The van der Waals surface area contributed by atoms with E-state index in [4.69, 9.17) is 11.0 Å². The van der Waals surface area contributed by atoms with Gasteiger partial charge in [0, 0.05) is 12.2 Å². The van der Waals surface area contributed by atoms with Crippen LogP contribution in [0, 0.1) is 17.2 Å². The van der Waals surface area contributed by atoms with Crippen molar-refractivity contribution < 1.29 is 0 Å². The number of nitriles is 1. The summed E-state index contributed by atoms with van der Waals surface area (Å²) in [5.41, 5.74) is 7.29. The molecule has 3 heteroatoms. The number of hydrogen-bond donors (Lipinski definition) is 1. The number of nitrogens with zero attached hydrogens (tertiary/aromatic N) is 2. The lowest BCUT2D eigenvalue weighted by Gasteiger charge is -2.14. The van der Waals surface area contributed by atoms with Gasteiger partial charge in [0.05, 0.1) is 17.3 Å². The lowest BCUT2D eigenvalue weighted by molar-refractivity contribution is 0.503. The fraction of sp³-hybridized carbons (Fsp3) is 0.400. The molecule has 0 spiro atoms. The van der Waals surface area contributed by atoms with Crippen LogP contribution in [-0.2, 0) is 0 Å². The summed E-state index contributed by atoms with van der Waals surface area (Å²) in [7, 11) is 0. The Hall–Kier alpha value is -1.40. The third kappa shape index (κ3) is 2.27. The maximum atomic E-state index is 8.66. The molecule has 0 amide bonds. The topological polar surface area (TPSA) is 62.7 Å². The zero-order chi connectivity index (χ0) is 9.84. The van der Waals surface area contributed by atoms with Crippen molar-refractivity contribution in [2.24, 2.45) is 11.7 Å². The van der Waals surface area contributed by atoms with Gasteiger partial charge < -0.3 is 5.73 Å². The maximum absolute atomic E-state index is 8.66. The zero-order valence-corrected chi connectivity index (χ0v) is 7.86. The second kappa shape index (κ2) is 4.01. The van der Waals surface area contributed by atoms with Crippen LogP contribution in [0.2, 0.25) is 0 Å². The number of nitrogens with two attached hydrogens (primary N) is 1. The molecule has 1 atom stereocenters. The molecular weight excluding hydrogens is 162 g/mol. The minimum Gasteiger partial charge on any atom is -0.322 e. The predicted molar refractivity (Wildman–Crippen MR) is 50.7 cm³/mol. The molecule has 13 heavy (non-hydrogen) atoms. The van der Waals surface area contributed by atoms with Gasteiger partial charge in [0.1, 0.15) is 0 Å². The first-order valence-electron chi connectivity index (χ1n) is 4.26. The van der Waals surface area contributed by atoms with E-state index in [2.05, 4.69) is 11.1 Å². The minimum atomic E-state index is -0.0895. The summed E-state index contributed by atoms with van der Waals surface area (Å²) in [6.07, 6.45) is 1.62. The molecule has 0 saturated heterocycles. The normalized spacial score (nSPS) is 12.5. The lowest BCUT2D eigenvalue weighted by atomic mass is 10.0. The summed E-state index contributed by atoms with van der Waals surface area (Å²) in [5.74, 6) is 0.335. The monoisotopic (exact) mass is 175 g/mol. The number of pyridine rings is 1. The molecule has 2 N–H and O–H groups in total. The van der Waals surface area contributed by atoms with Gasteiger partial charge in [-0.2, -0.15) is 5.26 Å². The van der Waals surface area contributed by atoms with Crippen molar-refractivity contribution in [2.45, 2.75) is 19.9 Å². The van der Waals surface area contributed by atoms with Crippen molar-refractivity contribution in [2.75, 3.05) is 0 Å². The van der Waals surface area contributed by atoms with Crippen LogP contribution in [0.5, 0.6) is 0 Å². The van der Waals surface area contributed by atoms with Gasteiger partial charge in [-0.15, -0.1) is 0 Å². The Labute approximate surface area is 78.2 Å². The largest absolute Gasteiger partial charge is 0.322 e. The molecule has 0 saturated carbocycles. The molecule has 0 aliphatic carbocycles. The summed E-state index contributed by atoms with van der Waals surface area (Å²) >= 11 is 0. The van der Waals surface area contributed by atoms with E-state index in [-0.39, 0.29) is 6.04 Å². The van der Waals surface area contributed by atoms with Crippen LogP contribution in [0.3, 0.4) is 0 Å². The van der Waals surface area contributed by atoms with E-state index in [0.29, 0.717) is 11.5 Å². The Morgan fingerprint density at radius 2 is 2.23 bits per heavy atom. The maximum Gasteiger partial charge on any atom is 0.0992 e. The number of rotatable bonds is 2. The molecule has 0 radical (unpaired) electrons. The average Bonchev–Trinajstić information content (AvgIpc) is 2.16. The molecular formula is C10H13N3. The summed E-state index contributed by atoms with van der Waals surface area (Å²) in [6, 6.07) is 5.39. The van der Waals surface area contributed by atoms with Crippen molar-refractivity contribution in [3.8, 4) is 6.07 Å². The van der Waals surface area contributed by atoms with Gasteiger partial charge >= 0.3 is 0 Å². The van der Waals surface area contributed by atoms with Crippen molar-refractivity contribution in [3.63, 3.8) is 0 Å². The van der Waals surface area contributed by atoms with Gasteiger partial charge in [-0.1, -0.05) is 13.8 Å². The van der Waals surface area contributed by atoms with Crippen LogP contribution < -0.4 is 5.73 Å². The molecule has 0 unspecified atom stereocenters. The highest BCUT2D eigenvalue weighted by Crippen LogP contribution is 2.16. The summed E-state index contributed by atoms with van der Waals surface area (Å²) in [6.45, 7) is 4.07. The van der Waals surface area contributed by atoms with E-state index < -0.39 is 0 Å². The Balaban J connectivity index is 2.96. The lowest BCUT2D eigenvalue weighted by Crippen LogP contribution is -2.18. The smallest absolute Gasteiger partial charge is 0.0992 e. The fourth-order valence-corrected chi connectivity index (χ4v) is 1.04. The third-order valence-corrected chi connectivity index (χ3v) is 1.97. The van der Waals surface area contributed by atoms with Gasteiger partial charge in [-0.3, -0.25) is 4.98 Å². The quantitative estimate of drug-likeness (QED) is 0.742. The summed E-state index contributed by atoms with van der Waals surface area (Å²) in [5, 5.41) is 8.66. The molecule has 0 fully saturated rings. The van der Waals surface area contributed by atoms with E-state index in [1.807, 2.05) is 13.8 Å². The first kappa shape index (κ1) is 9.69. The first-order valence-corrected chi connectivity index (χ1v) is 4.26. The third-order valence-electron chi connectivity index (χ3n) is 1.97. The molecule has 0 bridgehead atoms. The molecule has 1 rings (SSSR count). The second-order valence-corrected chi connectivity index (χ2v) is 3.35. The highest BCUT2D eigenvalue weighted by molar-refractivity contribution is 5.29. The van der Waals surface area contributed by atoms with Crippen molar-refractivity contribution in [3.05, 3.63) is 29.6 Å². The van der Waals surface area contributed by atoms with Crippen LogP contribution in [-0.4, -0.2) is 4.98 Å². The van der Waals surface area contributed by atoms with E-state index in [0.717, 1.165) is 5.69 Å². The van der Waals surface area contributed by atoms with Crippen molar-refractivity contribution >= 4 is 0 Å². The Bertz CT molecular complexity index is 325. The van der Waals surface area contributed by atoms with E-state index in [1.165, 1.54) is 0 Å². The Morgan fingerprint density at radius 3 is 2.77 bits per heavy atom. The standard InChI is InChI=1S/C10H13N3/c1-7(2)10(12)9-5-8(6-11)3-4-13-9/h3-5,7,10H,12H2,1-2H3/t10-/m1/s1. The van der Waals surface area contributed by atoms with E-state index in [9.17, 15) is 0 Å². The number of hydrogen-bond acceptors (Lipinski definition) is 3. The van der Waals surface area contributed by atoms with Gasteiger partial charge in [0.15, 0.2) is 0 Å². The summed E-state index contributed by atoms with van der Waals surface area (Å²) in [4.78, 5) is 4.13. The second-order valence-electron chi connectivity index (χ2n) is 3.35. The SMILES string of the molecule is CC(C)[C@@H](N)c1cc(C#N)ccn1. The average molecular weight is 175 g/mol. The van der Waals surface area contributed by atoms with Crippen LogP contribution in [0.1, 0.15) is 31.1 Å². The van der Waals surface area contributed by atoms with Gasteiger partial charge in [0.25, 0.3) is 0 Å². The van der Waals surface area contributed by atoms with Gasteiger partial charge in [-0.05, 0) is 18.1 Å². The van der Waals surface area contributed by atoms with Crippen LogP contribution in [0.4, 0.5) is 0 Å². The molecule has 0 aliphatic rings. The molecule has 0 aliphatic heterocycles. The molecule has 1 aromatic rings. The molecule has 1 heterocycles. The predicted octanol–water partition coefficient (Wildman–Crippen LogP) is 1.61.